The van der Waals surface area contributed by atoms with Crippen molar-refractivity contribution in [2.24, 2.45) is 0 Å². The predicted molar refractivity (Wildman–Crippen MR) is 111 cm³/mol. The van der Waals surface area contributed by atoms with Crippen molar-refractivity contribution in [3.63, 3.8) is 0 Å². The van der Waals surface area contributed by atoms with Crippen LogP contribution in [0.1, 0.15) is 29.6 Å². The SMILES string of the molecule is CCSc1ccc(-c2ccc(CN3CCc4nc(C)ncc4C3)cn2)cc1. The van der Waals surface area contributed by atoms with Crippen LogP contribution in [-0.4, -0.2) is 32.1 Å². The van der Waals surface area contributed by atoms with E-state index < -0.39 is 0 Å². The number of pyridine rings is 1. The van der Waals surface area contributed by atoms with Gasteiger partial charge in [-0.1, -0.05) is 25.1 Å². The molecule has 3 aromatic rings. The summed E-state index contributed by atoms with van der Waals surface area (Å²) < 4.78 is 0. The quantitative estimate of drug-likeness (QED) is 0.613. The molecule has 1 aliphatic heterocycles. The molecule has 27 heavy (non-hydrogen) atoms. The molecule has 0 N–H and O–H groups in total. The van der Waals surface area contributed by atoms with E-state index in [2.05, 4.69) is 63.2 Å². The first-order chi connectivity index (χ1) is 13.2. The lowest BCUT2D eigenvalue weighted by molar-refractivity contribution is 0.242. The Morgan fingerprint density at radius 1 is 1.04 bits per heavy atom. The molecule has 0 saturated heterocycles. The van der Waals surface area contributed by atoms with Crippen LogP contribution in [-0.2, 0) is 19.5 Å². The summed E-state index contributed by atoms with van der Waals surface area (Å²) in [7, 11) is 0. The molecule has 1 aliphatic rings. The minimum Gasteiger partial charge on any atom is -0.294 e. The van der Waals surface area contributed by atoms with Crippen LogP contribution in [0.4, 0.5) is 0 Å². The maximum absolute atomic E-state index is 4.69. The molecule has 0 atom stereocenters. The fourth-order valence-corrected chi connectivity index (χ4v) is 4.11. The highest BCUT2D eigenvalue weighted by molar-refractivity contribution is 7.99. The van der Waals surface area contributed by atoms with Crippen LogP contribution in [0.15, 0.2) is 53.7 Å². The third-order valence-corrected chi connectivity index (χ3v) is 5.72. The van der Waals surface area contributed by atoms with E-state index in [0.717, 1.165) is 43.3 Å². The van der Waals surface area contributed by atoms with Crippen LogP contribution >= 0.6 is 11.8 Å². The number of hydrogen-bond donors (Lipinski definition) is 0. The number of fused-ring (bicyclic) bond motifs is 1. The van der Waals surface area contributed by atoms with E-state index in [1.807, 2.05) is 31.1 Å². The molecule has 138 valence electrons. The van der Waals surface area contributed by atoms with Crippen LogP contribution in [0.5, 0.6) is 0 Å². The summed E-state index contributed by atoms with van der Waals surface area (Å²) in [5, 5.41) is 0. The minimum absolute atomic E-state index is 0.864. The average molecular weight is 377 g/mol. The maximum Gasteiger partial charge on any atom is 0.125 e. The molecule has 0 amide bonds. The summed E-state index contributed by atoms with van der Waals surface area (Å²) in [4.78, 5) is 17.3. The molecule has 1 aromatic carbocycles. The monoisotopic (exact) mass is 376 g/mol. The summed E-state index contributed by atoms with van der Waals surface area (Å²) >= 11 is 1.86. The first-order valence-electron chi connectivity index (χ1n) is 9.43. The van der Waals surface area contributed by atoms with Gasteiger partial charge in [0.05, 0.1) is 5.69 Å². The van der Waals surface area contributed by atoms with Gasteiger partial charge >= 0.3 is 0 Å². The molecule has 5 heteroatoms. The van der Waals surface area contributed by atoms with Crippen molar-refractivity contribution in [1.29, 1.82) is 0 Å². The van der Waals surface area contributed by atoms with Crippen LogP contribution in [0.2, 0.25) is 0 Å². The number of aryl methyl sites for hydroxylation is 1. The van der Waals surface area contributed by atoms with Crippen LogP contribution in [0.3, 0.4) is 0 Å². The molecule has 0 radical (unpaired) electrons. The van der Waals surface area contributed by atoms with Crippen LogP contribution in [0.25, 0.3) is 11.3 Å². The summed E-state index contributed by atoms with van der Waals surface area (Å²) in [6.07, 6.45) is 4.98. The van der Waals surface area contributed by atoms with Gasteiger partial charge in [-0.15, -0.1) is 11.8 Å². The van der Waals surface area contributed by atoms with E-state index in [1.165, 1.54) is 27.3 Å². The third kappa shape index (κ3) is 4.37. The molecule has 0 bridgehead atoms. The summed E-state index contributed by atoms with van der Waals surface area (Å²) in [5.41, 5.74) is 5.90. The smallest absolute Gasteiger partial charge is 0.125 e. The van der Waals surface area contributed by atoms with Gasteiger partial charge < -0.3 is 0 Å². The lowest BCUT2D eigenvalue weighted by atomic mass is 10.1. The molecule has 0 aliphatic carbocycles. The second kappa shape index (κ2) is 8.19. The van der Waals surface area contributed by atoms with Gasteiger partial charge in [-0.05, 0) is 36.4 Å². The Labute approximate surface area is 165 Å². The maximum atomic E-state index is 4.69. The average Bonchev–Trinajstić information content (AvgIpc) is 2.70. The number of hydrogen-bond acceptors (Lipinski definition) is 5. The van der Waals surface area contributed by atoms with Crippen molar-refractivity contribution in [1.82, 2.24) is 19.9 Å². The van der Waals surface area contributed by atoms with Crippen molar-refractivity contribution < 1.29 is 0 Å². The second-order valence-electron chi connectivity index (χ2n) is 6.86. The van der Waals surface area contributed by atoms with E-state index in [1.54, 1.807) is 0 Å². The molecular weight excluding hydrogens is 352 g/mol. The highest BCUT2D eigenvalue weighted by Crippen LogP contribution is 2.24. The van der Waals surface area contributed by atoms with Crippen molar-refractivity contribution >= 4 is 11.8 Å². The van der Waals surface area contributed by atoms with Gasteiger partial charge in [-0.2, -0.15) is 0 Å². The molecular formula is C22H24N4S. The lowest BCUT2D eigenvalue weighted by Crippen LogP contribution is -2.31. The van der Waals surface area contributed by atoms with Gasteiger partial charge in [0.1, 0.15) is 5.82 Å². The minimum atomic E-state index is 0.864. The highest BCUT2D eigenvalue weighted by Gasteiger charge is 2.18. The molecule has 2 aromatic heterocycles. The second-order valence-corrected chi connectivity index (χ2v) is 8.20. The van der Waals surface area contributed by atoms with Gasteiger partial charge in [0, 0.05) is 60.2 Å². The van der Waals surface area contributed by atoms with Gasteiger partial charge in [-0.3, -0.25) is 9.88 Å². The summed E-state index contributed by atoms with van der Waals surface area (Å²) in [6.45, 7) is 6.98. The van der Waals surface area contributed by atoms with Crippen LogP contribution in [0, 0.1) is 6.92 Å². The highest BCUT2D eigenvalue weighted by atomic mass is 32.2. The Morgan fingerprint density at radius 3 is 2.63 bits per heavy atom. The van der Waals surface area contributed by atoms with Gasteiger partial charge in [-0.25, -0.2) is 9.97 Å². The number of aromatic nitrogens is 3. The number of benzene rings is 1. The topological polar surface area (TPSA) is 41.9 Å². The van der Waals surface area contributed by atoms with E-state index in [4.69, 9.17) is 0 Å². The van der Waals surface area contributed by atoms with Gasteiger partial charge in [0.2, 0.25) is 0 Å². The number of nitrogens with zero attached hydrogens (tertiary/aromatic N) is 4. The van der Waals surface area contributed by atoms with Crippen LogP contribution < -0.4 is 0 Å². The normalized spacial score (nSPS) is 14.1. The molecule has 3 heterocycles. The molecule has 4 nitrogen and oxygen atoms in total. The molecule has 0 spiro atoms. The zero-order valence-corrected chi connectivity index (χ0v) is 16.7. The fourth-order valence-electron chi connectivity index (χ4n) is 3.44. The Bertz CT molecular complexity index is 907. The lowest BCUT2D eigenvalue weighted by Gasteiger charge is -2.27. The van der Waals surface area contributed by atoms with Crippen molar-refractivity contribution in [2.45, 2.75) is 38.3 Å². The molecule has 0 unspecified atom stereocenters. The van der Waals surface area contributed by atoms with E-state index >= 15 is 0 Å². The summed E-state index contributed by atoms with van der Waals surface area (Å²) in [6, 6.07) is 13.0. The van der Waals surface area contributed by atoms with Crippen molar-refractivity contribution in [3.8, 4) is 11.3 Å². The molecule has 0 fully saturated rings. The van der Waals surface area contributed by atoms with Crippen molar-refractivity contribution in [2.75, 3.05) is 12.3 Å². The van der Waals surface area contributed by atoms with Gasteiger partial charge in [0.15, 0.2) is 0 Å². The Morgan fingerprint density at radius 2 is 1.89 bits per heavy atom. The van der Waals surface area contributed by atoms with E-state index in [0.29, 0.717) is 0 Å². The predicted octanol–water partition coefficient (Wildman–Crippen LogP) is 4.52. The van der Waals surface area contributed by atoms with E-state index in [9.17, 15) is 0 Å². The fraction of sp³-hybridized carbons (Fsp3) is 0.318. The standard InChI is InChI=1S/C22H24N4S/c1-3-27-20-7-5-18(6-8-20)21-9-4-17(12-24-21)14-26-11-10-22-19(15-26)13-23-16(2)25-22/h4-9,12-13H,3,10-11,14-15H2,1-2H3. The van der Waals surface area contributed by atoms with E-state index in [-0.39, 0.29) is 0 Å². The third-order valence-electron chi connectivity index (χ3n) is 4.83. The molecule has 4 rings (SSSR count). The Hall–Kier alpha value is -2.24. The van der Waals surface area contributed by atoms with Gasteiger partial charge in [0.25, 0.3) is 0 Å². The Balaban J connectivity index is 1.41. The van der Waals surface area contributed by atoms with Crippen molar-refractivity contribution in [3.05, 3.63) is 71.4 Å². The molecule has 0 saturated carbocycles. The number of thioether (sulfide) groups is 1. The summed E-state index contributed by atoms with van der Waals surface area (Å²) in [5.74, 6) is 1.96. The number of rotatable bonds is 5. The largest absolute Gasteiger partial charge is 0.294 e. The zero-order chi connectivity index (χ0) is 18.6. The first-order valence-corrected chi connectivity index (χ1v) is 10.4. The Kier molecular flexibility index (Phi) is 5.50. The zero-order valence-electron chi connectivity index (χ0n) is 15.9. The first kappa shape index (κ1) is 18.1.